The van der Waals surface area contributed by atoms with Crippen molar-refractivity contribution in [3.8, 4) is 0 Å². The number of carbonyl (C=O) groups is 1. The Morgan fingerprint density at radius 3 is 2.32 bits per heavy atom. The minimum absolute atomic E-state index is 0.0493. The van der Waals surface area contributed by atoms with Gasteiger partial charge in [0.15, 0.2) is 5.79 Å². The molecular formula is C14H18BrNO3. The van der Waals surface area contributed by atoms with Gasteiger partial charge in [0.05, 0.1) is 5.56 Å². The van der Waals surface area contributed by atoms with E-state index in [1.807, 2.05) is 29.2 Å². The highest BCUT2D eigenvalue weighted by Gasteiger charge is 2.36. The number of nitrogens with zero attached hydrogens (tertiary/aromatic N) is 1. The van der Waals surface area contributed by atoms with Crippen LogP contribution >= 0.6 is 15.9 Å². The molecule has 0 atom stereocenters. The number of methoxy groups -OCH3 is 2. The lowest BCUT2D eigenvalue weighted by atomic mass is 10.0. The van der Waals surface area contributed by atoms with Crippen molar-refractivity contribution in [1.29, 1.82) is 0 Å². The van der Waals surface area contributed by atoms with E-state index < -0.39 is 5.79 Å². The van der Waals surface area contributed by atoms with Crippen molar-refractivity contribution >= 4 is 21.8 Å². The van der Waals surface area contributed by atoms with E-state index in [1.165, 1.54) is 0 Å². The molecule has 1 aliphatic heterocycles. The first-order valence-electron chi connectivity index (χ1n) is 6.26. The number of hydrogen-bond donors (Lipinski definition) is 0. The van der Waals surface area contributed by atoms with Crippen LogP contribution < -0.4 is 0 Å². The number of carbonyl (C=O) groups excluding carboxylic acids is 1. The number of halogens is 1. The fraction of sp³-hybridized carbons (Fsp3) is 0.500. The first-order chi connectivity index (χ1) is 9.12. The molecule has 0 bridgehead atoms. The lowest BCUT2D eigenvalue weighted by Gasteiger charge is -2.39. The second kappa shape index (κ2) is 6.03. The molecule has 5 heteroatoms. The van der Waals surface area contributed by atoms with Crippen LogP contribution in [0.3, 0.4) is 0 Å². The zero-order valence-electron chi connectivity index (χ0n) is 11.2. The third-order valence-electron chi connectivity index (χ3n) is 3.66. The Morgan fingerprint density at radius 2 is 1.79 bits per heavy atom. The molecule has 0 aromatic heterocycles. The molecule has 1 aromatic carbocycles. The van der Waals surface area contributed by atoms with E-state index >= 15 is 0 Å². The molecule has 1 saturated heterocycles. The summed E-state index contributed by atoms with van der Waals surface area (Å²) in [5, 5.41) is 0. The van der Waals surface area contributed by atoms with E-state index in [1.54, 1.807) is 14.2 Å². The van der Waals surface area contributed by atoms with Gasteiger partial charge in [0.2, 0.25) is 0 Å². The van der Waals surface area contributed by atoms with Crippen LogP contribution in [0.15, 0.2) is 28.7 Å². The van der Waals surface area contributed by atoms with Gasteiger partial charge in [-0.2, -0.15) is 0 Å². The van der Waals surface area contributed by atoms with Crippen LogP contribution in [0.1, 0.15) is 23.2 Å². The van der Waals surface area contributed by atoms with Crippen LogP contribution in [0.25, 0.3) is 0 Å². The molecule has 0 unspecified atom stereocenters. The molecule has 1 aliphatic rings. The number of benzene rings is 1. The Morgan fingerprint density at radius 1 is 1.21 bits per heavy atom. The summed E-state index contributed by atoms with van der Waals surface area (Å²) >= 11 is 3.42. The van der Waals surface area contributed by atoms with Gasteiger partial charge in [0.1, 0.15) is 0 Å². The average molecular weight is 328 g/mol. The first kappa shape index (κ1) is 14.5. The number of rotatable bonds is 3. The Bertz CT molecular complexity index is 450. The van der Waals surface area contributed by atoms with E-state index in [4.69, 9.17) is 9.47 Å². The maximum atomic E-state index is 12.4. The van der Waals surface area contributed by atoms with Crippen molar-refractivity contribution in [2.45, 2.75) is 18.6 Å². The lowest BCUT2D eigenvalue weighted by Crippen LogP contribution is -2.48. The Labute approximate surface area is 121 Å². The fourth-order valence-electron chi connectivity index (χ4n) is 2.35. The van der Waals surface area contributed by atoms with E-state index in [2.05, 4.69) is 15.9 Å². The fourth-order valence-corrected chi connectivity index (χ4v) is 2.80. The van der Waals surface area contributed by atoms with Gasteiger partial charge >= 0.3 is 0 Å². The second-order valence-electron chi connectivity index (χ2n) is 4.59. The molecule has 4 nitrogen and oxygen atoms in total. The van der Waals surface area contributed by atoms with Gasteiger partial charge in [-0.1, -0.05) is 12.1 Å². The zero-order chi connectivity index (χ0) is 13.9. The highest BCUT2D eigenvalue weighted by Crippen LogP contribution is 2.28. The summed E-state index contributed by atoms with van der Waals surface area (Å²) in [6.07, 6.45) is 1.38. The second-order valence-corrected chi connectivity index (χ2v) is 5.45. The van der Waals surface area contributed by atoms with Gasteiger partial charge < -0.3 is 14.4 Å². The lowest BCUT2D eigenvalue weighted by molar-refractivity contribution is -0.226. The predicted octanol–water partition coefficient (Wildman–Crippen LogP) is 2.67. The summed E-state index contributed by atoms with van der Waals surface area (Å²) in [5.74, 6) is -0.488. The molecule has 104 valence electrons. The summed E-state index contributed by atoms with van der Waals surface area (Å²) < 4.78 is 11.7. The number of piperidine rings is 1. The first-order valence-corrected chi connectivity index (χ1v) is 7.05. The van der Waals surface area contributed by atoms with Crippen molar-refractivity contribution in [3.05, 3.63) is 34.3 Å². The monoisotopic (exact) mass is 327 g/mol. The molecule has 0 saturated carbocycles. The minimum atomic E-state index is -0.537. The third kappa shape index (κ3) is 2.99. The quantitative estimate of drug-likeness (QED) is 0.801. The standard InChI is InChI=1S/C14H18BrNO3/c1-18-14(19-2)7-9-16(10-8-14)13(17)11-5-3-4-6-12(11)15/h3-6H,7-10H2,1-2H3. The van der Waals surface area contributed by atoms with Crippen LogP contribution in [-0.4, -0.2) is 43.9 Å². The SMILES string of the molecule is COC1(OC)CCN(C(=O)c2ccccc2Br)CC1. The van der Waals surface area contributed by atoms with Crippen molar-refractivity contribution in [3.63, 3.8) is 0 Å². The molecule has 2 rings (SSSR count). The molecule has 0 radical (unpaired) electrons. The van der Waals surface area contributed by atoms with Gasteiger partial charge in [-0.15, -0.1) is 0 Å². The molecule has 1 aromatic rings. The van der Waals surface area contributed by atoms with Crippen molar-refractivity contribution < 1.29 is 14.3 Å². The molecule has 1 fully saturated rings. The van der Waals surface area contributed by atoms with Gasteiger partial charge in [0, 0.05) is 44.6 Å². The summed E-state index contributed by atoms with van der Waals surface area (Å²) in [5.41, 5.74) is 0.699. The summed E-state index contributed by atoms with van der Waals surface area (Å²) in [4.78, 5) is 14.3. The maximum Gasteiger partial charge on any atom is 0.255 e. The Balaban J connectivity index is 2.06. The zero-order valence-corrected chi connectivity index (χ0v) is 12.8. The number of likely N-dealkylation sites (tertiary alicyclic amines) is 1. The van der Waals surface area contributed by atoms with Crippen molar-refractivity contribution in [1.82, 2.24) is 4.90 Å². The van der Waals surface area contributed by atoms with Crippen LogP contribution in [0, 0.1) is 0 Å². The van der Waals surface area contributed by atoms with Crippen LogP contribution in [0.4, 0.5) is 0 Å². The number of hydrogen-bond acceptors (Lipinski definition) is 3. The largest absolute Gasteiger partial charge is 0.353 e. The third-order valence-corrected chi connectivity index (χ3v) is 4.35. The van der Waals surface area contributed by atoms with E-state index in [-0.39, 0.29) is 5.91 Å². The summed E-state index contributed by atoms with van der Waals surface area (Å²) in [7, 11) is 3.30. The predicted molar refractivity (Wildman–Crippen MR) is 76.0 cm³/mol. The summed E-state index contributed by atoms with van der Waals surface area (Å²) in [6, 6.07) is 7.49. The van der Waals surface area contributed by atoms with Gasteiger partial charge in [-0.05, 0) is 28.1 Å². The molecule has 0 N–H and O–H groups in total. The molecule has 1 heterocycles. The van der Waals surface area contributed by atoms with Crippen molar-refractivity contribution in [2.75, 3.05) is 27.3 Å². The van der Waals surface area contributed by atoms with Gasteiger partial charge in [-0.25, -0.2) is 0 Å². The maximum absolute atomic E-state index is 12.4. The topological polar surface area (TPSA) is 38.8 Å². The highest BCUT2D eigenvalue weighted by atomic mass is 79.9. The molecule has 19 heavy (non-hydrogen) atoms. The molecule has 1 amide bonds. The van der Waals surface area contributed by atoms with Crippen LogP contribution in [0.5, 0.6) is 0 Å². The molecule has 0 spiro atoms. The Kier molecular flexibility index (Phi) is 4.60. The minimum Gasteiger partial charge on any atom is -0.353 e. The summed E-state index contributed by atoms with van der Waals surface area (Å²) in [6.45, 7) is 1.28. The highest BCUT2D eigenvalue weighted by molar-refractivity contribution is 9.10. The number of amides is 1. The van der Waals surface area contributed by atoms with Gasteiger partial charge in [0.25, 0.3) is 5.91 Å². The Hall–Kier alpha value is -0.910. The molecular weight excluding hydrogens is 310 g/mol. The average Bonchev–Trinajstić information content (AvgIpc) is 2.47. The number of ether oxygens (including phenoxy) is 2. The van der Waals surface area contributed by atoms with Gasteiger partial charge in [-0.3, -0.25) is 4.79 Å². The normalized spacial score (nSPS) is 18.4. The van der Waals surface area contributed by atoms with Crippen molar-refractivity contribution in [2.24, 2.45) is 0 Å². The van der Waals surface area contributed by atoms with Crippen LogP contribution in [-0.2, 0) is 9.47 Å². The van der Waals surface area contributed by atoms with Crippen LogP contribution in [0.2, 0.25) is 0 Å². The van der Waals surface area contributed by atoms with E-state index in [9.17, 15) is 4.79 Å². The smallest absolute Gasteiger partial charge is 0.255 e. The van der Waals surface area contributed by atoms with E-state index in [0.29, 0.717) is 31.5 Å². The molecule has 0 aliphatic carbocycles. The van der Waals surface area contributed by atoms with E-state index in [0.717, 1.165) is 4.47 Å².